The summed E-state index contributed by atoms with van der Waals surface area (Å²) in [7, 11) is 3.25. The molecule has 1 amide bonds. The van der Waals surface area contributed by atoms with E-state index in [2.05, 4.69) is 10.6 Å². The number of hydrogen-bond acceptors (Lipinski definition) is 4. The van der Waals surface area contributed by atoms with E-state index < -0.39 is 0 Å². The second kappa shape index (κ2) is 8.50. The highest BCUT2D eigenvalue weighted by Gasteiger charge is 2.07. The SMILES string of the molecule is COCC(C)NC(=O)CNCc1ccccc1OC. The molecule has 0 spiro atoms. The zero-order valence-electron chi connectivity index (χ0n) is 11.7. The lowest BCUT2D eigenvalue weighted by Crippen LogP contribution is -2.40. The fourth-order valence-corrected chi connectivity index (χ4v) is 1.78. The van der Waals surface area contributed by atoms with E-state index in [1.165, 1.54) is 0 Å². The largest absolute Gasteiger partial charge is 0.496 e. The van der Waals surface area contributed by atoms with E-state index in [9.17, 15) is 4.79 Å². The van der Waals surface area contributed by atoms with Crippen molar-refractivity contribution in [3.8, 4) is 5.75 Å². The van der Waals surface area contributed by atoms with Crippen LogP contribution in [0.3, 0.4) is 0 Å². The highest BCUT2D eigenvalue weighted by atomic mass is 16.5. The number of carbonyl (C=O) groups is 1. The molecule has 1 rings (SSSR count). The minimum absolute atomic E-state index is 0.0190. The van der Waals surface area contributed by atoms with Crippen molar-refractivity contribution >= 4 is 5.91 Å². The molecule has 0 aromatic heterocycles. The Labute approximate surface area is 114 Å². The number of methoxy groups -OCH3 is 2. The van der Waals surface area contributed by atoms with Gasteiger partial charge in [-0.2, -0.15) is 0 Å². The first-order valence-corrected chi connectivity index (χ1v) is 6.28. The van der Waals surface area contributed by atoms with Gasteiger partial charge in [0.05, 0.1) is 20.3 Å². The molecule has 0 radical (unpaired) electrons. The van der Waals surface area contributed by atoms with Gasteiger partial charge in [0.25, 0.3) is 0 Å². The third-order valence-corrected chi connectivity index (χ3v) is 2.62. The van der Waals surface area contributed by atoms with Crippen molar-refractivity contribution in [1.29, 1.82) is 0 Å². The molecule has 1 unspecified atom stereocenters. The Morgan fingerprint density at radius 1 is 1.32 bits per heavy atom. The minimum Gasteiger partial charge on any atom is -0.496 e. The van der Waals surface area contributed by atoms with Crippen LogP contribution in [0, 0.1) is 0 Å². The fraction of sp³-hybridized carbons (Fsp3) is 0.500. The van der Waals surface area contributed by atoms with Crippen LogP contribution in [-0.4, -0.2) is 39.3 Å². The molecule has 5 nitrogen and oxygen atoms in total. The normalized spacial score (nSPS) is 11.9. The minimum atomic E-state index is -0.0422. The molecule has 0 heterocycles. The number of carbonyl (C=O) groups excluding carboxylic acids is 1. The van der Waals surface area contributed by atoms with Crippen LogP contribution in [0.15, 0.2) is 24.3 Å². The summed E-state index contributed by atoms with van der Waals surface area (Å²) >= 11 is 0. The second-order valence-corrected chi connectivity index (χ2v) is 4.34. The fourth-order valence-electron chi connectivity index (χ4n) is 1.78. The van der Waals surface area contributed by atoms with E-state index in [4.69, 9.17) is 9.47 Å². The van der Waals surface area contributed by atoms with Gasteiger partial charge in [0.1, 0.15) is 5.75 Å². The topological polar surface area (TPSA) is 59.6 Å². The van der Waals surface area contributed by atoms with Gasteiger partial charge in [-0.15, -0.1) is 0 Å². The molecular weight excluding hydrogens is 244 g/mol. The molecule has 19 heavy (non-hydrogen) atoms. The van der Waals surface area contributed by atoms with Crippen LogP contribution in [0.1, 0.15) is 12.5 Å². The molecule has 0 bridgehead atoms. The molecule has 0 fully saturated rings. The molecule has 5 heteroatoms. The van der Waals surface area contributed by atoms with Gasteiger partial charge in [0.2, 0.25) is 5.91 Å². The van der Waals surface area contributed by atoms with Crippen LogP contribution >= 0.6 is 0 Å². The van der Waals surface area contributed by atoms with E-state index in [1.807, 2.05) is 31.2 Å². The first-order valence-electron chi connectivity index (χ1n) is 6.28. The Kier molecular flexibility index (Phi) is 6.92. The predicted molar refractivity (Wildman–Crippen MR) is 74.2 cm³/mol. The second-order valence-electron chi connectivity index (χ2n) is 4.34. The van der Waals surface area contributed by atoms with Crippen molar-refractivity contribution in [1.82, 2.24) is 10.6 Å². The van der Waals surface area contributed by atoms with E-state index in [-0.39, 0.29) is 18.5 Å². The molecule has 0 aliphatic heterocycles. The number of rotatable bonds is 8. The van der Waals surface area contributed by atoms with E-state index >= 15 is 0 Å². The third kappa shape index (κ3) is 5.72. The maximum atomic E-state index is 11.6. The summed E-state index contributed by atoms with van der Waals surface area (Å²) in [6.07, 6.45) is 0. The summed E-state index contributed by atoms with van der Waals surface area (Å²) in [5.41, 5.74) is 1.03. The van der Waals surface area contributed by atoms with Crippen LogP contribution in [0.5, 0.6) is 5.75 Å². The average Bonchev–Trinajstić information content (AvgIpc) is 2.39. The number of para-hydroxylation sites is 1. The van der Waals surface area contributed by atoms with Crippen LogP contribution in [0.25, 0.3) is 0 Å². The standard InChI is InChI=1S/C14H22N2O3/c1-11(10-18-2)16-14(17)9-15-8-12-6-4-5-7-13(12)19-3/h4-7,11,15H,8-10H2,1-3H3,(H,16,17). The third-order valence-electron chi connectivity index (χ3n) is 2.62. The van der Waals surface area contributed by atoms with E-state index in [0.717, 1.165) is 11.3 Å². The van der Waals surface area contributed by atoms with E-state index in [0.29, 0.717) is 13.2 Å². The lowest BCUT2D eigenvalue weighted by atomic mass is 10.2. The van der Waals surface area contributed by atoms with Crippen molar-refractivity contribution < 1.29 is 14.3 Å². The molecule has 1 atom stereocenters. The molecule has 0 aliphatic rings. The quantitative estimate of drug-likeness (QED) is 0.735. The highest BCUT2D eigenvalue weighted by molar-refractivity contribution is 5.78. The van der Waals surface area contributed by atoms with Crippen molar-refractivity contribution in [2.24, 2.45) is 0 Å². The Bertz CT molecular complexity index is 396. The lowest BCUT2D eigenvalue weighted by molar-refractivity contribution is -0.121. The summed E-state index contributed by atoms with van der Waals surface area (Å²) in [5.74, 6) is 0.780. The van der Waals surface area contributed by atoms with Crippen molar-refractivity contribution in [3.63, 3.8) is 0 Å². The van der Waals surface area contributed by atoms with Gasteiger partial charge in [0.15, 0.2) is 0 Å². The number of amides is 1. The summed E-state index contributed by atoms with van der Waals surface area (Å²) in [5, 5.41) is 5.93. The van der Waals surface area contributed by atoms with Gasteiger partial charge in [-0.05, 0) is 13.0 Å². The maximum Gasteiger partial charge on any atom is 0.234 e. The first-order chi connectivity index (χ1) is 9.17. The van der Waals surface area contributed by atoms with Crippen LogP contribution < -0.4 is 15.4 Å². The number of nitrogens with one attached hydrogen (secondary N) is 2. The Morgan fingerprint density at radius 2 is 2.05 bits per heavy atom. The molecule has 0 saturated heterocycles. The van der Waals surface area contributed by atoms with Gasteiger partial charge in [-0.25, -0.2) is 0 Å². The van der Waals surface area contributed by atoms with Crippen LogP contribution in [0.2, 0.25) is 0 Å². The van der Waals surface area contributed by atoms with Gasteiger partial charge in [-0.1, -0.05) is 18.2 Å². The van der Waals surface area contributed by atoms with Crippen LogP contribution in [-0.2, 0) is 16.1 Å². The zero-order valence-corrected chi connectivity index (χ0v) is 11.7. The molecular formula is C14H22N2O3. The zero-order chi connectivity index (χ0) is 14.1. The summed E-state index contributed by atoms with van der Waals surface area (Å²) < 4.78 is 10.2. The predicted octanol–water partition coefficient (Wildman–Crippen LogP) is 0.936. The van der Waals surface area contributed by atoms with Gasteiger partial charge < -0.3 is 20.1 Å². The van der Waals surface area contributed by atoms with Crippen molar-refractivity contribution in [2.45, 2.75) is 19.5 Å². The highest BCUT2D eigenvalue weighted by Crippen LogP contribution is 2.16. The molecule has 1 aromatic rings. The lowest BCUT2D eigenvalue weighted by Gasteiger charge is -2.13. The molecule has 1 aromatic carbocycles. The maximum absolute atomic E-state index is 11.6. The van der Waals surface area contributed by atoms with Gasteiger partial charge in [-0.3, -0.25) is 4.79 Å². The summed E-state index contributed by atoms with van der Waals surface area (Å²) in [4.78, 5) is 11.6. The summed E-state index contributed by atoms with van der Waals surface area (Å²) in [6.45, 7) is 3.28. The Hall–Kier alpha value is -1.59. The number of benzene rings is 1. The molecule has 0 aliphatic carbocycles. The first kappa shape index (κ1) is 15.5. The number of hydrogen-bond donors (Lipinski definition) is 2. The molecule has 2 N–H and O–H groups in total. The van der Waals surface area contributed by atoms with Crippen LogP contribution in [0.4, 0.5) is 0 Å². The van der Waals surface area contributed by atoms with Crippen molar-refractivity contribution in [3.05, 3.63) is 29.8 Å². The Morgan fingerprint density at radius 3 is 2.74 bits per heavy atom. The Balaban J connectivity index is 2.31. The monoisotopic (exact) mass is 266 g/mol. The van der Waals surface area contributed by atoms with Gasteiger partial charge >= 0.3 is 0 Å². The average molecular weight is 266 g/mol. The van der Waals surface area contributed by atoms with E-state index in [1.54, 1.807) is 14.2 Å². The number of ether oxygens (including phenoxy) is 2. The van der Waals surface area contributed by atoms with Crippen molar-refractivity contribution in [2.75, 3.05) is 27.4 Å². The summed E-state index contributed by atoms with van der Waals surface area (Å²) in [6, 6.07) is 7.75. The smallest absolute Gasteiger partial charge is 0.234 e. The molecule has 0 saturated carbocycles. The molecule has 106 valence electrons. The van der Waals surface area contributed by atoms with Gasteiger partial charge in [0, 0.05) is 25.3 Å².